The third-order valence-corrected chi connectivity index (χ3v) is 7.01. The van der Waals surface area contributed by atoms with Crippen LogP contribution >= 0.6 is 0 Å². The summed E-state index contributed by atoms with van der Waals surface area (Å²) in [5.74, 6) is -3.63. The van der Waals surface area contributed by atoms with Gasteiger partial charge < -0.3 is 59.2 Å². The highest BCUT2D eigenvalue weighted by atomic mass is 16.5. The molecule has 0 spiro atoms. The topological polar surface area (TPSA) is 313 Å². The van der Waals surface area contributed by atoms with Crippen LogP contribution in [0.4, 0.5) is 4.79 Å². The molecule has 2 unspecified atom stereocenters. The van der Waals surface area contributed by atoms with Crippen LogP contribution in [0.3, 0.4) is 0 Å². The van der Waals surface area contributed by atoms with E-state index in [2.05, 4.69) is 31.3 Å². The van der Waals surface area contributed by atoms with Gasteiger partial charge >= 0.3 is 6.09 Å². The number of nitrogens with one attached hydrogen (secondary N) is 5. The van der Waals surface area contributed by atoms with E-state index in [1.807, 2.05) is 0 Å². The Morgan fingerprint density at radius 2 is 1.10 bits per heavy atom. The number of primary amides is 2. The number of unbranched alkanes of at least 4 members (excludes halogenated alkanes) is 3. The van der Waals surface area contributed by atoms with Crippen LogP contribution < -0.4 is 49.5 Å². The summed E-state index contributed by atoms with van der Waals surface area (Å²) in [7, 11) is 1.15. The van der Waals surface area contributed by atoms with Crippen molar-refractivity contribution in [3.05, 3.63) is 0 Å². The van der Waals surface area contributed by atoms with E-state index in [0.29, 0.717) is 57.9 Å². The number of ether oxygens (including phenoxy) is 1. The molecule has 0 heterocycles. The molecule has 0 aromatic carbocycles. The van der Waals surface area contributed by atoms with E-state index in [4.69, 9.17) is 22.9 Å². The van der Waals surface area contributed by atoms with E-state index in [9.17, 15) is 38.4 Å². The number of rotatable bonds is 26. The van der Waals surface area contributed by atoms with Gasteiger partial charge in [-0.25, -0.2) is 4.79 Å². The van der Waals surface area contributed by atoms with E-state index in [-0.39, 0.29) is 38.4 Å². The average molecular weight is 687 g/mol. The predicted octanol–water partition coefficient (Wildman–Crippen LogP) is -3.45. The molecule has 0 aromatic rings. The van der Waals surface area contributed by atoms with Crippen LogP contribution in [0.5, 0.6) is 0 Å². The highest BCUT2D eigenvalue weighted by Crippen LogP contribution is 2.03. The second-order valence-corrected chi connectivity index (χ2v) is 11.2. The van der Waals surface area contributed by atoms with Gasteiger partial charge in [-0.2, -0.15) is 0 Å². The smallest absolute Gasteiger partial charge is 0.407 e. The summed E-state index contributed by atoms with van der Waals surface area (Å²) in [5, 5.41) is 13.0. The summed E-state index contributed by atoms with van der Waals surface area (Å²) in [6.45, 7) is 1.24. The number of nitrogens with zero attached hydrogens (tertiary/aromatic N) is 1. The van der Waals surface area contributed by atoms with Gasteiger partial charge in [-0.05, 0) is 57.8 Å². The van der Waals surface area contributed by atoms with Crippen molar-refractivity contribution in [3.8, 4) is 0 Å². The highest BCUT2D eigenvalue weighted by molar-refractivity contribution is 5.90. The Balaban J connectivity index is 5.13. The number of carbonyl (C=O) groups excluding carboxylic acids is 8. The first kappa shape index (κ1) is 43.5. The molecule has 0 rings (SSSR count). The largest absolute Gasteiger partial charge is 0.453 e. The zero-order valence-electron chi connectivity index (χ0n) is 28.0. The number of hydrogen-bond donors (Lipinski definition) is 9. The van der Waals surface area contributed by atoms with Crippen molar-refractivity contribution in [2.45, 2.75) is 89.3 Å². The van der Waals surface area contributed by atoms with E-state index in [0.717, 1.165) is 12.0 Å². The Kier molecular flexibility index (Phi) is 23.1. The van der Waals surface area contributed by atoms with Gasteiger partial charge in [0.05, 0.1) is 19.2 Å². The third-order valence-electron chi connectivity index (χ3n) is 7.01. The van der Waals surface area contributed by atoms with Crippen molar-refractivity contribution in [1.82, 2.24) is 31.5 Å². The minimum absolute atomic E-state index is 0.150. The molecule has 0 radical (unpaired) electrons. The van der Waals surface area contributed by atoms with Crippen LogP contribution in [0.25, 0.3) is 0 Å². The standard InChI is InChI=1S/C29H54N10O9/c1-19(40)34-13-8-5-11-22(38-29(47)48-2)28(46)37-16-12-25(43)39(17-23(41)35-14-6-3-9-20(30)26(32)44)18-24(42)36-15-7-4-10-21(31)27(33)45/h20-22H,3-18,30-31H2,1-2H3,(H2,32,44)(H2,33,45)(H,34,40)(H,35,41)(H,36,42)(H,37,46)(H,38,47)/t20?,21?,22-/m0/s1. The maximum absolute atomic E-state index is 13.1. The normalized spacial score (nSPS) is 12.4. The van der Waals surface area contributed by atoms with E-state index < -0.39 is 72.8 Å². The molecular weight excluding hydrogens is 632 g/mol. The van der Waals surface area contributed by atoms with Crippen molar-refractivity contribution in [2.24, 2.45) is 22.9 Å². The third kappa shape index (κ3) is 22.1. The van der Waals surface area contributed by atoms with Crippen molar-refractivity contribution in [2.75, 3.05) is 46.4 Å². The molecule has 19 heteroatoms. The van der Waals surface area contributed by atoms with Crippen molar-refractivity contribution < 1.29 is 43.1 Å². The van der Waals surface area contributed by atoms with Crippen molar-refractivity contribution in [1.29, 1.82) is 0 Å². The van der Waals surface area contributed by atoms with E-state index >= 15 is 0 Å². The fraction of sp³-hybridized carbons (Fsp3) is 0.724. The van der Waals surface area contributed by atoms with Gasteiger partial charge in [-0.15, -0.1) is 0 Å². The fourth-order valence-electron chi connectivity index (χ4n) is 4.19. The molecule has 48 heavy (non-hydrogen) atoms. The average Bonchev–Trinajstić information content (AvgIpc) is 3.02. The molecule has 0 saturated carbocycles. The molecule has 8 amide bonds. The molecule has 0 fully saturated rings. The molecule has 19 nitrogen and oxygen atoms in total. The zero-order chi connectivity index (χ0) is 36.5. The summed E-state index contributed by atoms with van der Waals surface area (Å²) in [6, 6.07) is -2.53. The molecule has 0 aliphatic rings. The second-order valence-electron chi connectivity index (χ2n) is 11.2. The number of hydrogen-bond acceptors (Lipinski definition) is 11. The van der Waals surface area contributed by atoms with Crippen LogP contribution in [-0.2, 0) is 38.3 Å². The molecule has 274 valence electrons. The number of carbonyl (C=O) groups is 8. The Labute approximate surface area is 280 Å². The van der Waals surface area contributed by atoms with Crippen LogP contribution in [0.1, 0.15) is 71.1 Å². The molecule has 0 saturated heterocycles. The molecular formula is C29H54N10O9. The lowest BCUT2D eigenvalue weighted by Crippen LogP contribution is -2.49. The minimum atomic E-state index is -0.965. The first-order valence-electron chi connectivity index (χ1n) is 15.9. The van der Waals surface area contributed by atoms with Gasteiger partial charge in [0.15, 0.2) is 0 Å². The van der Waals surface area contributed by atoms with Crippen LogP contribution in [0.2, 0.25) is 0 Å². The minimum Gasteiger partial charge on any atom is -0.453 e. The molecule has 13 N–H and O–H groups in total. The monoisotopic (exact) mass is 686 g/mol. The van der Waals surface area contributed by atoms with Crippen molar-refractivity contribution in [3.63, 3.8) is 0 Å². The summed E-state index contributed by atoms with van der Waals surface area (Å²) in [5.41, 5.74) is 21.5. The van der Waals surface area contributed by atoms with Gasteiger partial charge in [0.1, 0.15) is 19.1 Å². The first-order valence-corrected chi connectivity index (χ1v) is 15.9. The van der Waals surface area contributed by atoms with Crippen LogP contribution in [0, 0.1) is 0 Å². The van der Waals surface area contributed by atoms with Crippen LogP contribution in [0.15, 0.2) is 0 Å². The molecule has 0 bridgehead atoms. The van der Waals surface area contributed by atoms with Gasteiger partial charge in [0.2, 0.25) is 41.4 Å². The van der Waals surface area contributed by atoms with Gasteiger partial charge in [0.25, 0.3) is 0 Å². The molecule has 0 aromatic heterocycles. The van der Waals surface area contributed by atoms with Crippen LogP contribution in [-0.4, -0.2) is 117 Å². The quantitative estimate of drug-likeness (QED) is 0.0403. The first-order chi connectivity index (χ1) is 22.7. The SMILES string of the molecule is COC(=O)N[C@@H](CCCCNC(C)=O)C(=O)NCCC(=O)N(CC(=O)NCCCCC(N)C(N)=O)CC(=O)NCCCCC(N)C(N)=O. The van der Waals surface area contributed by atoms with E-state index in [1.165, 1.54) is 6.92 Å². The Hall–Kier alpha value is -4.52. The number of alkyl carbamates (subject to hydrolysis) is 1. The number of nitrogens with two attached hydrogens (primary N) is 4. The lowest BCUT2D eigenvalue weighted by atomic mass is 10.1. The summed E-state index contributed by atoms with van der Waals surface area (Å²) < 4.78 is 4.59. The zero-order valence-corrected chi connectivity index (χ0v) is 28.0. The summed E-state index contributed by atoms with van der Waals surface area (Å²) in [6.07, 6.45) is 2.98. The summed E-state index contributed by atoms with van der Waals surface area (Å²) in [4.78, 5) is 97.1. The number of amides is 8. The number of methoxy groups -OCH3 is 1. The van der Waals surface area contributed by atoms with E-state index in [1.54, 1.807) is 0 Å². The molecule has 0 aliphatic heterocycles. The van der Waals surface area contributed by atoms with Crippen molar-refractivity contribution >= 4 is 47.4 Å². The van der Waals surface area contributed by atoms with Gasteiger partial charge in [-0.1, -0.05) is 0 Å². The lowest BCUT2D eigenvalue weighted by Gasteiger charge is -2.22. The van der Waals surface area contributed by atoms with Gasteiger partial charge in [0, 0.05) is 39.5 Å². The second kappa shape index (κ2) is 25.6. The highest BCUT2D eigenvalue weighted by Gasteiger charge is 2.23. The molecule has 3 atom stereocenters. The molecule has 0 aliphatic carbocycles. The Morgan fingerprint density at radius 3 is 1.54 bits per heavy atom. The summed E-state index contributed by atoms with van der Waals surface area (Å²) >= 11 is 0. The predicted molar refractivity (Wildman–Crippen MR) is 174 cm³/mol. The maximum Gasteiger partial charge on any atom is 0.407 e. The lowest BCUT2D eigenvalue weighted by molar-refractivity contribution is -0.139. The fourth-order valence-corrected chi connectivity index (χ4v) is 4.19. The van der Waals surface area contributed by atoms with Gasteiger partial charge in [-0.3, -0.25) is 33.6 Å². The Bertz CT molecular complexity index is 1030. The Morgan fingerprint density at radius 1 is 0.646 bits per heavy atom. The maximum atomic E-state index is 13.1.